The topological polar surface area (TPSA) is 69.7 Å². The zero-order valence-electron chi connectivity index (χ0n) is 22.0. The number of sulfone groups is 1. The maximum Gasteiger partial charge on any atom is 0.191 e. The van der Waals surface area contributed by atoms with Crippen molar-refractivity contribution < 1.29 is 22.7 Å². The van der Waals surface area contributed by atoms with E-state index in [1.807, 2.05) is 0 Å². The third kappa shape index (κ3) is 5.97. The first-order chi connectivity index (χ1) is 17.7. The fourth-order valence-corrected chi connectivity index (χ4v) is 7.09. The van der Waals surface area contributed by atoms with Crippen LogP contribution in [-0.4, -0.2) is 38.8 Å². The van der Waals surface area contributed by atoms with Gasteiger partial charge in [0.1, 0.15) is 10.5 Å². The van der Waals surface area contributed by atoms with Gasteiger partial charge in [-0.3, -0.25) is 4.79 Å². The van der Waals surface area contributed by atoms with Crippen molar-refractivity contribution in [2.45, 2.75) is 62.5 Å². The summed E-state index contributed by atoms with van der Waals surface area (Å²) >= 11 is 0. The molecular formula is C31H36O5S. The Morgan fingerprint density at radius 2 is 1.65 bits per heavy atom. The predicted octanol–water partition coefficient (Wildman–Crippen LogP) is 6.15. The van der Waals surface area contributed by atoms with Crippen molar-refractivity contribution in [2.24, 2.45) is 0 Å². The molecule has 0 amide bonds. The first kappa shape index (κ1) is 27.1. The number of aryl methyl sites for hydroxylation is 3. The molecule has 4 rings (SSSR count). The monoisotopic (exact) mass is 520 g/mol. The highest BCUT2D eigenvalue weighted by Crippen LogP contribution is 2.36. The number of carbonyl (C=O) groups is 1. The van der Waals surface area contributed by atoms with E-state index in [-0.39, 0.29) is 36.7 Å². The van der Waals surface area contributed by atoms with Crippen LogP contribution in [0.3, 0.4) is 0 Å². The van der Waals surface area contributed by atoms with Gasteiger partial charge in [0, 0.05) is 13.2 Å². The number of ether oxygens (including phenoxy) is 2. The van der Waals surface area contributed by atoms with Gasteiger partial charge in [-0.2, -0.15) is 0 Å². The van der Waals surface area contributed by atoms with Crippen molar-refractivity contribution in [1.82, 2.24) is 0 Å². The fraction of sp³-hybridized carbons (Fsp3) is 0.387. The molecule has 0 spiro atoms. The third-order valence-electron chi connectivity index (χ3n) is 7.27. The number of hydrogen-bond donors (Lipinski definition) is 0. The molecule has 1 heterocycles. The first-order valence-electron chi connectivity index (χ1n) is 13.0. The molecule has 1 saturated heterocycles. The molecule has 3 aromatic rings. The molecule has 0 N–H and O–H groups in total. The lowest BCUT2D eigenvalue weighted by atomic mass is 9.95. The molecule has 6 heteroatoms. The van der Waals surface area contributed by atoms with E-state index in [0.29, 0.717) is 12.4 Å². The van der Waals surface area contributed by atoms with Crippen LogP contribution < -0.4 is 4.74 Å². The number of hydrogen-bond acceptors (Lipinski definition) is 5. The van der Waals surface area contributed by atoms with Gasteiger partial charge in [0.15, 0.2) is 15.6 Å². The third-order valence-corrected chi connectivity index (χ3v) is 9.89. The highest BCUT2D eigenvalue weighted by molar-refractivity contribution is 7.93. The van der Waals surface area contributed by atoms with E-state index in [2.05, 4.69) is 56.3 Å². The van der Waals surface area contributed by atoms with E-state index in [0.717, 1.165) is 19.3 Å². The molecule has 0 atom stereocenters. The number of benzene rings is 3. The lowest BCUT2D eigenvalue weighted by Crippen LogP contribution is -2.49. The second-order valence-electron chi connectivity index (χ2n) is 9.85. The van der Waals surface area contributed by atoms with Crippen LogP contribution in [0.25, 0.3) is 11.1 Å². The fourth-order valence-electron chi connectivity index (χ4n) is 5.06. The van der Waals surface area contributed by atoms with E-state index in [4.69, 9.17) is 9.47 Å². The Bertz CT molecular complexity index is 1340. The summed E-state index contributed by atoms with van der Waals surface area (Å²) in [5.74, 6) is 0.289. The highest BCUT2D eigenvalue weighted by Gasteiger charge is 2.49. The quantitative estimate of drug-likeness (QED) is 0.300. The molecule has 196 valence electrons. The minimum absolute atomic E-state index is 0.149. The Balaban J connectivity index is 1.35. The van der Waals surface area contributed by atoms with Crippen LogP contribution in [0.2, 0.25) is 0 Å². The Hall–Kier alpha value is -2.96. The molecule has 1 aliphatic heterocycles. The summed E-state index contributed by atoms with van der Waals surface area (Å²) in [5, 5.41) is 0. The summed E-state index contributed by atoms with van der Waals surface area (Å²) in [6.45, 7) is 6.74. The second kappa shape index (κ2) is 11.6. The summed E-state index contributed by atoms with van der Waals surface area (Å²) in [6, 6.07) is 21.8. The minimum Gasteiger partial charge on any atom is -0.494 e. The van der Waals surface area contributed by atoms with Gasteiger partial charge >= 0.3 is 0 Å². The maximum atomic E-state index is 13.3. The lowest BCUT2D eigenvalue weighted by Gasteiger charge is -2.34. The minimum atomic E-state index is -3.82. The van der Waals surface area contributed by atoms with E-state index in [1.54, 1.807) is 24.3 Å². The van der Waals surface area contributed by atoms with E-state index in [1.165, 1.54) is 34.7 Å². The molecule has 0 aromatic heterocycles. The van der Waals surface area contributed by atoms with Crippen molar-refractivity contribution in [3.63, 3.8) is 0 Å². The molecule has 0 bridgehead atoms. The Kier molecular flexibility index (Phi) is 8.50. The van der Waals surface area contributed by atoms with E-state index >= 15 is 0 Å². The predicted molar refractivity (Wildman–Crippen MR) is 147 cm³/mol. The Morgan fingerprint density at radius 1 is 0.946 bits per heavy atom. The zero-order chi connectivity index (χ0) is 26.5. The van der Waals surface area contributed by atoms with Gasteiger partial charge in [0.05, 0.1) is 11.5 Å². The molecule has 0 radical (unpaired) electrons. The van der Waals surface area contributed by atoms with Gasteiger partial charge in [0.25, 0.3) is 0 Å². The molecular weight excluding hydrogens is 484 g/mol. The summed E-state index contributed by atoms with van der Waals surface area (Å²) in [4.78, 5) is 12.5. The SMILES string of the molecule is CCc1cc(C)cc(-c2cccc(CCCOc3ccc(S(=O)(=O)C4(C(C)=O)CCOCC4)cc3)c2)c1. The number of Topliss-reactive ketones (excluding diaryl/α,β-unsaturated/α-hetero) is 1. The molecule has 0 aliphatic carbocycles. The van der Waals surface area contributed by atoms with Crippen LogP contribution in [0.4, 0.5) is 0 Å². The largest absolute Gasteiger partial charge is 0.494 e. The lowest BCUT2D eigenvalue weighted by molar-refractivity contribution is -0.121. The first-order valence-corrected chi connectivity index (χ1v) is 14.5. The van der Waals surface area contributed by atoms with Crippen molar-refractivity contribution in [1.29, 1.82) is 0 Å². The van der Waals surface area contributed by atoms with E-state index in [9.17, 15) is 13.2 Å². The average Bonchev–Trinajstić information content (AvgIpc) is 2.91. The molecule has 3 aromatic carbocycles. The Labute approximate surface area is 220 Å². The summed E-state index contributed by atoms with van der Waals surface area (Å²) in [5.41, 5.74) is 6.35. The van der Waals surface area contributed by atoms with Crippen molar-refractivity contribution in [3.8, 4) is 16.9 Å². The van der Waals surface area contributed by atoms with E-state index < -0.39 is 14.6 Å². The van der Waals surface area contributed by atoms with Gasteiger partial charge in [-0.05, 0) is 92.5 Å². The number of ketones is 1. The van der Waals surface area contributed by atoms with Crippen molar-refractivity contribution >= 4 is 15.6 Å². The molecule has 0 saturated carbocycles. The van der Waals surface area contributed by atoms with Gasteiger partial charge < -0.3 is 9.47 Å². The van der Waals surface area contributed by atoms with Crippen molar-refractivity contribution in [3.05, 3.63) is 83.4 Å². The smallest absolute Gasteiger partial charge is 0.191 e. The standard InChI is InChI=1S/C31H36O5S/c1-4-25-19-23(2)20-28(21-25)27-9-5-7-26(22-27)8-6-16-36-29-10-12-30(13-11-29)37(33,34)31(24(3)32)14-17-35-18-15-31/h5,7,9-13,19-22H,4,6,8,14-18H2,1-3H3. The number of rotatable bonds is 10. The van der Waals surface area contributed by atoms with Crippen LogP contribution in [0.5, 0.6) is 5.75 Å². The maximum absolute atomic E-state index is 13.3. The molecule has 5 nitrogen and oxygen atoms in total. The second-order valence-corrected chi connectivity index (χ2v) is 12.1. The van der Waals surface area contributed by atoms with Gasteiger partial charge in [-0.25, -0.2) is 8.42 Å². The van der Waals surface area contributed by atoms with Crippen LogP contribution in [0.1, 0.15) is 49.8 Å². The molecule has 37 heavy (non-hydrogen) atoms. The molecule has 1 fully saturated rings. The normalized spacial score (nSPS) is 15.3. The van der Waals surface area contributed by atoms with Crippen LogP contribution in [-0.2, 0) is 32.2 Å². The van der Waals surface area contributed by atoms with Crippen LogP contribution in [0, 0.1) is 6.92 Å². The number of carbonyl (C=O) groups excluding carboxylic acids is 1. The van der Waals surface area contributed by atoms with Gasteiger partial charge in [0.2, 0.25) is 0 Å². The molecule has 0 unspecified atom stereocenters. The van der Waals surface area contributed by atoms with Crippen LogP contribution >= 0.6 is 0 Å². The molecule has 1 aliphatic rings. The van der Waals surface area contributed by atoms with Crippen molar-refractivity contribution in [2.75, 3.05) is 19.8 Å². The highest BCUT2D eigenvalue weighted by atomic mass is 32.2. The summed E-state index contributed by atoms with van der Waals surface area (Å²) < 4.78 is 36.5. The summed E-state index contributed by atoms with van der Waals surface area (Å²) in [6.07, 6.45) is 3.12. The van der Waals surface area contributed by atoms with Gasteiger partial charge in [-0.15, -0.1) is 0 Å². The van der Waals surface area contributed by atoms with Crippen LogP contribution in [0.15, 0.2) is 71.6 Å². The average molecular weight is 521 g/mol. The van der Waals surface area contributed by atoms with Gasteiger partial charge in [-0.1, -0.05) is 55.0 Å². The zero-order valence-corrected chi connectivity index (χ0v) is 22.8. The Morgan fingerprint density at radius 3 is 2.32 bits per heavy atom. The summed E-state index contributed by atoms with van der Waals surface area (Å²) in [7, 11) is -3.82.